The molecule has 1 rings (SSSR count). The molecule has 0 bridgehead atoms. The number of amides is 1. The molecular weight excluding hydrogens is 441 g/mol. The Morgan fingerprint density at radius 1 is 1.20 bits per heavy atom. The molecule has 0 aliphatic heterocycles. The van der Waals surface area contributed by atoms with Crippen LogP contribution in [0.25, 0.3) is 0 Å². The van der Waals surface area contributed by atoms with E-state index in [1.54, 1.807) is 7.05 Å². The van der Waals surface area contributed by atoms with Crippen molar-refractivity contribution in [1.82, 2.24) is 16.0 Å². The van der Waals surface area contributed by atoms with Gasteiger partial charge in [0.05, 0.1) is 5.41 Å². The van der Waals surface area contributed by atoms with Gasteiger partial charge in [-0.1, -0.05) is 0 Å². The van der Waals surface area contributed by atoms with Crippen LogP contribution in [0.1, 0.15) is 26.3 Å². The first-order valence-electron chi connectivity index (χ1n) is 7.97. The van der Waals surface area contributed by atoms with E-state index in [2.05, 4.69) is 20.9 Å². The second-order valence-electron chi connectivity index (χ2n) is 6.08. The lowest BCUT2D eigenvalue weighted by Crippen LogP contribution is -2.48. The molecule has 0 aliphatic rings. The Bertz CT molecular complexity index is 594. The summed E-state index contributed by atoms with van der Waals surface area (Å²) < 4.78 is 26.7. The average molecular weight is 468 g/mol. The van der Waals surface area contributed by atoms with Crippen LogP contribution in [0, 0.1) is 17.0 Å². The van der Waals surface area contributed by atoms with Crippen molar-refractivity contribution in [2.24, 2.45) is 10.4 Å². The molecule has 0 spiro atoms. The standard InChI is InChI=1S/C17H26F2N4O.HI/c1-5-21-15(24)17(2,3)11-23-16(20-4)22-9-8-12-10-13(18)6-7-14(12)19;/h6-7,10H,5,8-9,11H2,1-4H3,(H,21,24)(H2,20,22,23);1H. The van der Waals surface area contributed by atoms with E-state index < -0.39 is 17.0 Å². The number of rotatable bonds is 7. The Balaban J connectivity index is 0.00000576. The Labute approximate surface area is 165 Å². The summed E-state index contributed by atoms with van der Waals surface area (Å²) in [7, 11) is 1.61. The van der Waals surface area contributed by atoms with E-state index in [9.17, 15) is 13.6 Å². The highest BCUT2D eigenvalue weighted by Crippen LogP contribution is 2.13. The van der Waals surface area contributed by atoms with E-state index in [0.29, 0.717) is 37.6 Å². The minimum atomic E-state index is -0.595. The van der Waals surface area contributed by atoms with Crippen LogP contribution >= 0.6 is 24.0 Å². The largest absolute Gasteiger partial charge is 0.356 e. The number of benzene rings is 1. The summed E-state index contributed by atoms with van der Waals surface area (Å²) in [6.07, 6.45) is 0.323. The maximum absolute atomic E-state index is 13.6. The van der Waals surface area contributed by atoms with Crippen molar-refractivity contribution >= 4 is 35.8 Å². The molecule has 0 radical (unpaired) electrons. The molecule has 3 N–H and O–H groups in total. The molecule has 1 amide bonds. The Hall–Kier alpha value is -1.45. The topological polar surface area (TPSA) is 65.5 Å². The number of halogens is 3. The molecule has 0 atom stereocenters. The highest BCUT2D eigenvalue weighted by Gasteiger charge is 2.27. The lowest BCUT2D eigenvalue weighted by atomic mass is 9.92. The zero-order valence-electron chi connectivity index (χ0n) is 15.1. The van der Waals surface area contributed by atoms with Crippen molar-refractivity contribution in [3.05, 3.63) is 35.4 Å². The van der Waals surface area contributed by atoms with Gasteiger partial charge in [0.1, 0.15) is 11.6 Å². The lowest BCUT2D eigenvalue weighted by molar-refractivity contribution is -0.128. The summed E-state index contributed by atoms with van der Waals surface area (Å²) >= 11 is 0. The molecular formula is C17H27F2IN4O. The minimum absolute atomic E-state index is 0. The summed E-state index contributed by atoms with van der Waals surface area (Å²) in [5.41, 5.74) is -0.289. The lowest BCUT2D eigenvalue weighted by Gasteiger charge is -2.24. The number of carbonyl (C=O) groups is 1. The molecule has 8 heteroatoms. The van der Waals surface area contributed by atoms with Crippen LogP contribution in [-0.2, 0) is 11.2 Å². The zero-order chi connectivity index (χ0) is 18.2. The van der Waals surface area contributed by atoms with Crippen molar-refractivity contribution < 1.29 is 13.6 Å². The van der Waals surface area contributed by atoms with Crippen molar-refractivity contribution in [1.29, 1.82) is 0 Å². The molecule has 0 saturated carbocycles. The van der Waals surface area contributed by atoms with Crippen LogP contribution < -0.4 is 16.0 Å². The Morgan fingerprint density at radius 2 is 1.88 bits per heavy atom. The number of nitrogens with zero attached hydrogens (tertiary/aromatic N) is 1. The molecule has 1 aromatic rings. The SMILES string of the molecule is CCNC(=O)C(C)(C)CNC(=NC)NCCc1cc(F)ccc1F.I. The summed E-state index contributed by atoms with van der Waals surface area (Å²) in [6.45, 7) is 6.90. The minimum Gasteiger partial charge on any atom is -0.356 e. The first-order valence-corrected chi connectivity index (χ1v) is 7.97. The first-order chi connectivity index (χ1) is 11.3. The van der Waals surface area contributed by atoms with E-state index in [4.69, 9.17) is 0 Å². The van der Waals surface area contributed by atoms with Gasteiger partial charge in [-0.05, 0) is 51.0 Å². The van der Waals surface area contributed by atoms with Crippen LogP contribution in [0.5, 0.6) is 0 Å². The van der Waals surface area contributed by atoms with Crippen LogP contribution in [-0.4, -0.2) is 38.5 Å². The van der Waals surface area contributed by atoms with Crippen molar-refractivity contribution in [2.45, 2.75) is 27.2 Å². The number of aliphatic imine (C=N–C) groups is 1. The van der Waals surface area contributed by atoms with E-state index in [1.165, 1.54) is 6.07 Å². The van der Waals surface area contributed by atoms with Crippen molar-refractivity contribution in [3.63, 3.8) is 0 Å². The fraction of sp³-hybridized carbons (Fsp3) is 0.529. The Kier molecular flexibility index (Phi) is 10.6. The quantitative estimate of drug-likeness (QED) is 0.327. The van der Waals surface area contributed by atoms with E-state index in [0.717, 1.165) is 12.1 Å². The van der Waals surface area contributed by atoms with Gasteiger partial charge in [0.15, 0.2) is 5.96 Å². The van der Waals surface area contributed by atoms with Gasteiger partial charge in [-0.2, -0.15) is 0 Å². The summed E-state index contributed by atoms with van der Waals surface area (Å²) in [6, 6.07) is 3.40. The van der Waals surface area contributed by atoms with Gasteiger partial charge in [-0.15, -0.1) is 24.0 Å². The molecule has 0 fully saturated rings. The van der Waals surface area contributed by atoms with Gasteiger partial charge < -0.3 is 16.0 Å². The summed E-state index contributed by atoms with van der Waals surface area (Å²) in [5, 5.41) is 8.89. The molecule has 0 heterocycles. The van der Waals surface area contributed by atoms with Crippen LogP contribution in [0.2, 0.25) is 0 Å². The molecule has 1 aromatic carbocycles. The second-order valence-corrected chi connectivity index (χ2v) is 6.08. The van der Waals surface area contributed by atoms with Gasteiger partial charge in [0, 0.05) is 26.7 Å². The predicted molar refractivity (Wildman–Crippen MR) is 107 cm³/mol. The van der Waals surface area contributed by atoms with E-state index in [-0.39, 0.29) is 29.9 Å². The third-order valence-electron chi connectivity index (χ3n) is 3.57. The number of guanidine groups is 1. The second kappa shape index (κ2) is 11.2. The molecule has 0 unspecified atom stereocenters. The number of carbonyl (C=O) groups excluding carboxylic acids is 1. The van der Waals surface area contributed by atoms with E-state index >= 15 is 0 Å². The van der Waals surface area contributed by atoms with Crippen molar-refractivity contribution in [2.75, 3.05) is 26.7 Å². The molecule has 5 nitrogen and oxygen atoms in total. The average Bonchev–Trinajstić information content (AvgIpc) is 2.54. The molecule has 142 valence electrons. The van der Waals surface area contributed by atoms with Crippen LogP contribution in [0.4, 0.5) is 8.78 Å². The van der Waals surface area contributed by atoms with Gasteiger partial charge >= 0.3 is 0 Å². The summed E-state index contributed by atoms with van der Waals surface area (Å²) in [5.74, 6) is -0.435. The van der Waals surface area contributed by atoms with E-state index in [1.807, 2.05) is 20.8 Å². The normalized spacial score (nSPS) is 11.5. The fourth-order valence-corrected chi connectivity index (χ4v) is 2.06. The van der Waals surface area contributed by atoms with Gasteiger partial charge in [0.25, 0.3) is 0 Å². The summed E-state index contributed by atoms with van der Waals surface area (Å²) in [4.78, 5) is 16.0. The highest BCUT2D eigenvalue weighted by molar-refractivity contribution is 14.0. The monoisotopic (exact) mass is 468 g/mol. The first kappa shape index (κ1) is 23.5. The third kappa shape index (κ3) is 7.98. The van der Waals surface area contributed by atoms with Crippen LogP contribution in [0.3, 0.4) is 0 Å². The van der Waals surface area contributed by atoms with Gasteiger partial charge in [0.2, 0.25) is 5.91 Å². The van der Waals surface area contributed by atoms with Crippen LogP contribution in [0.15, 0.2) is 23.2 Å². The number of hydrogen-bond donors (Lipinski definition) is 3. The highest BCUT2D eigenvalue weighted by atomic mass is 127. The molecule has 0 aliphatic carbocycles. The molecule has 0 saturated heterocycles. The van der Waals surface area contributed by atoms with Gasteiger partial charge in [-0.3, -0.25) is 9.79 Å². The Morgan fingerprint density at radius 3 is 2.48 bits per heavy atom. The maximum atomic E-state index is 13.6. The fourth-order valence-electron chi connectivity index (χ4n) is 2.06. The van der Waals surface area contributed by atoms with Gasteiger partial charge in [-0.25, -0.2) is 8.78 Å². The third-order valence-corrected chi connectivity index (χ3v) is 3.57. The predicted octanol–water partition coefficient (Wildman–Crippen LogP) is 2.45. The number of nitrogens with one attached hydrogen (secondary N) is 3. The van der Waals surface area contributed by atoms with Crippen molar-refractivity contribution in [3.8, 4) is 0 Å². The zero-order valence-corrected chi connectivity index (χ0v) is 17.4. The molecule has 0 aromatic heterocycles. The smallest absolute Gasteiger partial charge is 0.227 e. The maximum Gasteiger partial charge on any atom is 0.227 e. The molecule has 25 heavy (non-hydrogen) atoms. The number of hydrogen-bond acceptors (Lipinski definition) is 2.